The van der Waals surface area contributed by atoms with Crippen LogP contribution in [-0.4, -0.2) is 34.0 Å². The molecule has 0 radical (unpaired) electrons. The third-order valence-electron chi connectivity index (χ3n) is 3.84. The molecule has 0 atom stereocenters. The Hall–Kier alpha value is -1.33. The third-order valence-corrected chi connectivity index (χ3v) is 4.96. The molecular formula is C18H28O4S. The van der Waals surface area contributed by atoms with Crippen molar-refractivity contribution in [1.29, 1.82) is 0 Å². The first-order valence-electron chi connectivity index (χ1n) is 7.78. The van der Waals surface area contributed by atoms with Gasteiger partial charge in [-0.2, -0.15) is 0 Å². The Kier molecular flexibility index (Phi) is 7.29. The lowest BCUT2D eigenvalue weighted by Crippen LogP contribution is -2.21. The molecule has 0 unspecified atom stereocenters. The molecule has 0 amide bonds. The van der Waals surface area contributed by atoms with Crippen LogP contribution in [0.2, 0.25) is 0 Å². The van der Waals surface area contributed by atoms with Crippen LogP contribution in [0.1, 0.15) is 40.0 Å². The maximum Gasteiger partial charge on any atom is 0.175 e. The average Bonchev–Trinajstić information content (AvgIpc) is 2.46. The van der Waals surface area contributed by atoms with E-state index >= 15 is 0 Å². The molecule has 0 aliphatic heterocycles. The minimum absolute atomic E-state index is 0.0713. The molecule has 0 bridgehead atoms. The van der Waals surface area contributed by atoms with Gasteiger partial charge in [-0.1, -0.05) is 5.57 Å². The highest BCUT2D eigenvalue weighted by Gasteiger charge is 2.15. The monoisotopic (exact) mass is 340 g/mol. The van der Waals surface area contributed by atoms with Gasteiger partial charge in [0.05, 0.1) is 10.5 Å². The topological polar surface area (TPSA) is 52.6 Å². The van der Waals surface area contributed by atoms with Crippen LogP contribution in [0.15, 0.2) is 40.8 Å². The standard InChI is InChI=1S/C18H28O4S/c1-15(7-6-13-18(2,3)21-4)12-14-22-16-8-10-17(11-9-16)23(5,19)20/h8-12H,6-7,13-14H2,1-5H3. The van der Waals surface area contributed by atoms with Crippen molar-refractivity contribution in [3.8, 4) is 5.75 Å². The van der Waals surface area contributed by atoms with Gasteiger partial charge in [-0.25, -0.2) is 8.42 Å². The molecule has 1 rings (SSSR count). The molecule has 1 aromatic rings. The van der Waals surface area contributed by atoms with Gasteiger partial charge in [0.25, 0.3) is 0 Å². The molecule has 0 spiro atoms. The number of ether oxygens (including phenoxy) is 2. The lowest BCUT2D eigenvalue weighted by molar-refractivity contribution is 0.0140. The van der Waals surface area contributed by atoms with Gasteiger partial charge < -0.3 is 9.47 Å². The molecule has 1 aromatic carbocycles. The maximum atomic E-state index is 11.4. The zero-order valence-corrected chi connectivity index (χ0v) is 15.6. The minimum Gasteiger partial charge on any atom is -0.490 e. The smallest absolute Gasteiger partial charge is 0.175 e. The van der Waals surface area contributed by atoms with Crippen molar-refractivity contribution in [3.63, 3.8) is 0 Å². The highest BCUT2D eigenvalue weighted by Crippen LogP contribution is 2.19. The number of rotatable bonds is 9. The predicted molar refractivity (Wildman–Crippen MR) is 93.7 cm³/mol. The number of hydrogen-bond donors (Lipinski definition) is 0. The molecule has 5 heteroatoms. The average molecular weight is 340 g/mol. The summed E-state index contributed by atoms with van der Waals surface area (Å²) in [5.41, 5.74) is 1.21. The summed E-state index contributed by atoms with van der Waals surface area (Å²) in [5, 5.41) is 0. The summed E-state index contributed by atoms with van der Waals surface area (Å²) in [6.07, 6.45) is 6.36. The molecule has 0 heterocycles. The minimum atomic E-state index is -3.16. The fraction of sp³-hybridized carbons (Fsp3) is 0.556. The Morgan fingerprint density at radius 3 is 2.35 bits per heavy atom. The Balaban J connectivity index is 2.40. The van der Waals surface area contributed by atoms with Crippen molar-refractivity contribution in [3.05, 3.63) is 35.9 Å². The summed E-state index contributed by atoms with van der Waals surface area (Å²) in [6, 6.07) is 6.49. The van der Waals surface area contributed by atoms with E-state index in [2.05, 4.69) is 26.8 Å². The van der Waals surface area contributed by atoms with E-state index in [1.54, 1.807) is 31.4 Å². The molecular weight excluding hydrogens is 312 g/mol. The lowest BCUT2D eigenvalue weighted by atomic mass is 9.99. The quantitative estimate of drug-likeness (QED) is 0.637. The maximum absolute atomic E-state index is 11.4. The second-order valence-corrected chi connectivity index (χ2v) is 8.44. The first-order valence-corrected chi connectivity index (χ1v) is 9.67. The second-order valence-electron chi connectivity index (χ2n) is 6.42. The van der Waals surface area contributed by atoms with E-state index in [4.69, 9.17) is 9.47 Å². The number of methoxy groups -OCH3 is 1. The Bertz CT molecular complexity index is 613. The van der Waals surface area contributed by atoms with Crippen molar-refractivity contribution in [2.24, 2.45) is 0 Å². The normalized spacial score (nSPS) is 13.2. The summed E-state index contributed by atoms with van der Waals surface area (Å²) in [7, 11) is -1.41. The Morgan fingerprint density at radius 1 is 1.22 bits per heavy atom. The number of sulfone groups is 1. The van der Waals surface area contributed by atoms with Gasteiger partial charge in [-0.3, -0.25) is 0 Å². The van der Waals surface area contributed by atoms with Crippen molar-refractivity contribution in [1.82, 2.24) is 0 Å². The van der Waals surface area contributed by atoms with Gasteiger partial charge >= 0.3 is 0 Å². The van der Waals surface area contributed by atoms with Crippen molar-refractivity contribution in [2.45, 2.75) is 50.5 Å². The predicted octanol–water partition coefficient (Wildman–Crippen LogP) is 4.01. The van der Waals surface area contributed by atoms with Crippen molar-refractivity contribution >= 4 is 9.84 Å². The van der Waals surface area contributed by atoms with E-state index in [0.29, 0.717) is 17.3 Å². The van der Waals surface area contributed by atoms with E-state index in [-0.39, 0.29) is 5.60 Å². The number of benzene rings is 1. The molecule has 0 fully saturated rings. The first-order chi connectivity index (χ1) is 10.6. The summed E-state index contributed by atoms with van der Waals surface area (Å²) in [4.78, 5) is 0.303. The van der Waals surface area contributed by atoms with Gasteiger partial charge in [0.15, 0.2) is 9.84 Å². The van der Waals surface area contributed by atoms with Crippen LogP contribution < -0.4 is 4.74 Å². The summed E-state index contributed by atoms with van der Waals surface area (Å²) in [6.45, 7) is 6.76. The van der Waals surface area contributed by atoms with Crippen LogP contribution >= 0.6 is 0 Å². The fourth-order valence-corrected chi connectivity index (χ4v) is 2.69. The van der Waals surface area contributed by atoms with Crippen molar-refractivity contribution < 1.29 is 17.9 Å². The van der Waals surface area contributed by atoms with Crippen LogP contribution in [0.3, 0.4) is 0 Å². The van der Waals surface area contributed by atoms with E-state index in [1.165, 1.54) is 11.8 Å². The largest absolute Gasteiger partial charge is 0.490 e. The first kappa shape index (κ1) is 19.7. The van der Waals surface area contributed by atoms with Crippen LogP contribution in [0.5, 0.6) is 5.75 Å². The Morgan fingerprint density at radius 2 is 1.83 bits per heavy atom. The fourth-order valence-electron chi connectivity index (χ4n) is 2.06. The second kappa shape index (κ2) is 8.50. The molecule has 4 nitrogen and oxygen atoms in total. The third kappa shape index (κ3) is 7.66. The molecule has 0 saturated carbocycles. The van der Waals surface area contributed by atoms with Crippen molar-refractivity contribution in [2.75, 3.05) is 20.0 Å². The highest BCUT2D eigenvalue weighted by atomic mass is 32.2. The number of hydrogen-bond acceptors (Lipinski definition) is 4. The van der Waals surface area contributed by atoms with Gasteiger partial charge in [0, 0.05) is 13.4 Å². The molecule has 0 aliphatic rings. The zero-order chi connectivity index (χ0) is 17.5. The molecule has 0 N–H and O–H groups in total. The zero-order valence-electron chi connectivity index (χ0n) is 14.8. The van der Waals surface area contributed by atoms with Crippen LogP contribution in [0.25, 0.3) is 0 Å². The van der Waals surface area contributed by atoms with E-state index in [1.807, 2.05) is 0 Å². The Labute approximate surface area is 140 Å². The lowest BCUT2D eigenvalue weighted by Gasteiger charge is -2.22. The molecule has 130 valence electrons. The van der Waals surface area contributed by atoms with Gasteiger partial charge in [-0.05, 0) is 70.4 Å². The molecule has 23 heavy (non-hydrogen) atoms. The van der Waals surface area contributed by atoms with Gasteiger partial charge in [-0.15, -0.1) is 0 Å². The highest BCUT2D eigenvalue weighted by molar-refractivity contribution is 7.90. The van der Waals surface area contributed by atoms with Gasteiger partial charge in [0.2, 0.25) is 0 Å². The molecule has 0 saturated heterocycles. The summed E-state index contributed by atoms with van der Waals surface area (Å²) >= 11 is 0. The summed E-state index contributed by atoms with van der Waals surface area (Å²) < 4.78 is 33.8. The van der Waals surface area contributed by atoms with E-state index in [9.17, 15) is 8.42 Å². The molecule has 0 aromatic heterocycles. The van der Waals surface area contributed by atoms with Gasteiger partial charge in [0.1, 0.15) is 12.4 Å². The van der Waals surface area contributed by atoms with Crippen LogP contribution in [0, 0.1) is 0 Å². The van der Waals surface area contributed by atoms with Crippen LogP contribution in [0.4, 0.5) is 0 Å². The van der Waals surface area contributed by atoms with E-state index in [0.717, 1.165) is 19.3 Å². The molecule has 0 aliphatic carbocycles. The van der Waals surface area contributed by atoms with Crippen LogP contribution in [-0.2, 0) is 14.6 Å². The SMILES string of the molecule is COC(C)(C)CCCC(C)=CCOc1ccc(S(C)(=O)=O)cc1. The summed E-state index contributed by atoms with van der Waals surface area (Å²) in [5.74, 6) is 0.668. The number of allylic oxidation sites excluding steroid dienone is 1. The van der Waals surface area contributed by atoms with E-state index < -0.39 is 9.84 Å².